The minimum Gasteiger partial charge on any atom is -0.495 e. The Hall–Kier alpha value is -2.78. The third-order valence-corrected chi connectivity index (χ3v) is 7.01. The van der Waals surface area contributed by atoms with Crippen molar-refractivity contribution in [1.29, 1.82) is 0 Å². The second-order valence-corrected chi connectivity index (χ2v) is 9.47. The van der Waals surface area contributed by atoms with Gasteiger partial charge in [0, 0.05) is 18.0 Å². The number of carbonyl (C=O) groups is 2. The number of nitrogens with one attached hydrogen (secondary N) is 2. The monoisotopic (exact) mass is 489 g/mol. The van der Waals surface area contributed by atoms with Crippen molar-refractivity contribution in [1.82, 2.24) is 10.2 Å². The number of hydrogen-bond donors (Lipinski definition) is 3. The van der Waals surface area contributed by atoms with E-state index >= 15 is 0 Å². The zero-order valence-corrected chi connectivity index (χ0v) is 20.8. The maximum absolute atomic E-state index is 14.0. The molecule has 1 unspecified atom stereocenters. The minimum atomic E-state index is -1.10. The molecular formula is C25H32FN3O4S. The Morgan fingerprint density at radius 1 is 1.29 bits per heavy atom. The molecule has 7 nitrogen and oxygen atoms in total. The predicted molar refractivity (Wildman–Crippen MR) is 132 cm³/mol. The number of carboxylic acids is 1. The van der Waals surface area contributed by atoms with Crippen LogP contribution >= 0.6 is 11.9 Å². The summed E-state index contributed by atoms with van der Waals surface area (Å²) in [6.45, 7) is 8.76. The average molecular weight is 490 g/mol. The highest BCUT2D eigenvalue weighted by atomic mass is 32.2. The Morgan fingerprint density at radius 3 is 2.68 bits per heavy atom. The standard InChI is InChI=1S/C25H32FN3O4S/c1-5-29-11-10-16(14-29)24(30)27-13-17-12-18(26)6-9-21(17)34-28-20-8-7-19(15(2)3)23(33-4)22(20)25(31)32/h6-9,12,15-16,28H,5,10-11,13-14H2,1-4H3,(H,27,30)(H,31,32). The minimum absolute atomic E-state index is 0.0358. The number of hydrogen-bond acceptors (Lipinski definition) is 6. The molecule has 2 aromatic rings. The molecular weight excluding hydrogens is 457 g/mol. The van der Waals surface area contributed by atoms with Gasteiger partial charge < -0.3 is 24.8 Å². The molecule has 2 aromatic carbocycles. The number of benzene rings is 2. The van der Waals surface area contributed by atoms with Crippen LogP contribution in [-0.2, 0) is 11.3 Å². The molecule has 1 aliphatic heterocycles. The van der Waals surface area contributed by atoms with Gasteiger partial charge in [0.2, 0.25) is 5.91 Å². The normalized spacial score (nSPS) is 16.0. The zero-order valence-electron chi connectivity index (χ0n) is 20.0. The first-order chi connectivity index (χ1) is 16.2. The molecule has 0 aliphatic carbocycles. The first-order valence-corrected chi connectivity index (χ1v) is 12.2. The van der Waals surface area contributed by atoms with Crippen molar-refractivity contribution in [2.24, 2.45) is 5.92 Å². The van der Waals surface area contributed by atoms with Crippen molar-refractivity contribution in [3.8, 4) is 5.75 Å². The van der Waals surface area contributed by atoms with E-state index in [0.717, 1.165) is 31.6 Å². The predicted octanol–water partition coefficient (Wildman–Crippen LogP) is 4.73. The molecule has 184 valence electrons. The molecule has 0 saturated carbocycles. The highest BCUT2D eigenvalue weighted by Crippen LogP contribution is 2.37. The summed E-state index contributed by atoms with van der Waals surface area (Å²) in [5, 5.41) is 12.8. The lowest BCUT2D eigenvalue weighted by Crippen LogP contribution is -2.32. The van der Waals surface area contributed by atoms with Gasteiger partial charge in [-0.2, -0.15) is 0 Å². The van der Waals surface area contributed by atoms with Crippen molar-refractivity contribution in [3.05, 3.63) is 52.8 Å². The summed E-state index contributed by atoms with van der Waals surface area (Å²) in [4.78, 5) is 27.5. The molecule has 3 N–H and O–H groups in total. The Kier molecular flexibility index (Phi) is 8.79. The van der Waals surface area contributed by atoms with Crippen molar-refractivity contribution in [3.63, 3.8) is 0 Å². The van der Waals surface area contributed by atoms with Gasteiger partial charge in [0.05, 0.1) is 18.7 Å². The topological polar surface area (TPSA) is 90.9 Å². The van der Waals surface area contributed by atoms with Gasteiger partial charge >= 0.3 is 5.97 Å². The molecule has 0 aromatic heterocycles. The van der Waals surface area contributed by atoms with Crippen LogP contribution < -0.4 is 14.8 Å². The van der Waals surface area contributed by atoms with E-state index in [9.17, 15) is 19.1 Å². The first kappa shape index (κ1) is 25.8. The van der Waals surface area contributed by atoms with Crippen LogP contribution in [0.5, 0.6) is 5.75 Å². The number of carbonyl (C=O) groups excluding carboxylic acids is 1. The highest BCUT2D eigenvalue weighted by molar-refractivity contribution is 8.00. The molecule has 1 saturated heterocycles. The van der Waals surface area contributed by atoms with Crippen LogP contribution in [0.1, 0.15) is 54.6 Å². The smallest absolute Gasteiger partial charge is 0.341 e. The fourth-order valence-electron chi connectivity index (χ4n) is 4.13. The molecule has 0 radical (unpaired) electrons. The highest BCUT2D eigenvalue weighted by Gasteiger charge is 2.27. The van der Waals surface area contributed by atoms with E-state index in [-0.39, 0.29) is 29.9 Å². The van der Waals surface area contributed by atoms with Crippen LogP contribution in [0.25, 0.3) is 0 Å². The van der Waals surface area contributed by atoms with E-state index in [4.69, 9.17) is 4.74 Å². The van der Waals surface area contributed by atoms with Crippen LogP contribution in [0, 0.1) is 11.7 Å². The van der Waals surface area contributed by atoms with Gasteiger partial charge in [0.1, 0.15) is 17.1 Å². The molecule has 1 atom stereocenters. The van der Waals surface area contributed by atoms with Gasteiger partial charge in [0.15, 0.2) is 0 Å². The zero-order chi connectivity index (χ0) is 24.8. The number of likely N-dealkylation sites (tertiary alicyclic amines) is 1. The van der Waals surface area contributed by atoms with Gasteiger partial charge in [-0.05, 0) is 72.8 Å². The molecule has 0 bridgehead atoms. The second-order valence-electron chi connectivity index (χ2n) is 8.62. The fraction of sp³-hybridized carbons (Fsp3) is 0.440. The lowest BCUT2D eigenvalue weighted by Gasteiger charge is -2.18. The maximum atomic E-state index is 14.0. The Morgan fingerprint density at radius 2 is 2.06 bits per heavy atom. The van der Waals surface area contributed by atoms with Crippen molar-refractivity contribution < 1.29 is 23.8 Å². The van der Waals surface area contributed by atoms with E-state index in [1.54, 1.807) is 12.1 Å². The number of nitrogens with zero attached hydrogens (tertiary/aromatic N) is 1. The largest absolute Gasteiger partial charge is 0.495 e. The molecule has 3 rings (SSSR count). The second kappa shape index (κ2) is 11.6. The van der Waals surface area contributed by atoms with Gasteiger partial charge in [-0.1, -0.05) is 26.8 Å². The van der Waals surface area contributed by atoms with E-state index in [1.807, 2.05) is 19.9 Å². The van der Waals surface area contributed by atoms with E-state index in [1.165, 1.54) is 31.2 Å². The van der Waals surface area contributed by atoms with Crippen molar-refractivity contribution in [2.45, 2.75) is 44.6 Å². The molecule has 1 heterocycles. The summed E-state index contributed by atoms with van der Waals surface area (Å²) < 4.78 is 22.5. The molecule has 9 heteroatoms. The third kappa shape index (κ3) is 6.01. The van der Waals surface area contributed by atoms with Crippen LogP contribution in [0.2, 0.25) is 0 Å². The molecule has 1 fully saturated rings. The number of carboxylic acid groups (broad SMARTS) is 1. The Labute approximate surface area is 204 Å². The van der Waals surface area contributed by atoms with Crippen molar-refractivity contribution in [2.75, 3.05) is 31.5 Å². The van der Waals surface area contributed by atoms with E-state index < -0.39 is 11.8 Å². The summed E-state index contributed by atoms with van der Waals surface area (Å²) in [7, 11) is 1.45. The lowest BCUT2D eigenvalue weighted by atomic mass is 9.98. The fourth-order valence-corrected chi connectivity index (χ4v) is 4.92. The molecule has 1 amide bonds. The van der Waals surface area contributed by atoms with E-state index in [2.05, 4.69) is 21.9 Å². The third-order valence-electron chi connectivity index (χ3n) is 6.07. The maximum Gasteiger partial charge on any atom is 0.341 e. The summed E-state index contributed by atoms with van der Waals surface area (Å²) in [6, 6.07) is 7.89. The van der Waals surface area contributed by atoms with Crippen LogP contribution in [0.15, 0.2) is 35.2 Å². The molecule has 0 spiro atoms. The van der Waals surface area contributed by atoms with Gasteiger partial charge in [0.25, 0.3) is 0 Å². The van der Waals surface area contributed by atoms with Crippen LogP contribution in [0.3, 0.4) is 0 Å². The van der Waals surface area contributed by atoms with Gasteiger partial charge in [-0.3, -0.25) is 4.79 Å². The summed E-state index contributed by atoms with van der Waals surface area (Å²) in [6.07, 6.45) is 0.818. The number of anilines is 1. The molecule has 1 aliphatic rings. The Bertz CT molecular complexity index is 1050. The van der Waals surface area contributed by atoms with Crippen LogP contribution in [0.4, 0.5) is 10.1 Å². The SMILES string of the molecule is CCN1CCC(C(=O)NCc2cc(F)ccc2SNc2ccc(C(C)C)c(OC)c2C(=O)O)C1. The van der Waals surface area contributed by atoms with E-state index in [0.29, 0.717) is 21.9 Å². The molecule has 34 heavy (non-hydrogen) atoms. The number of aromatic carboxylic acids is 1. The quantitative estimate of drug-likeness (QED) is 0.416. The summed E-state index contributed by atoms with van der Waals surface area (Å²) in [5.74, 6) is -1.20. The number of halogens is 1. The number of rotatable bonds is 10. The summed E-state index contributed by atoms with van der Waals surface area (Å²) >= 11 is 1.17. The number of ether oxygens (including phenoxy) is 1. The Balaban J connectivity index is 1.76. The van der Waals surface area contributed by atoms with Gasteiger partial charge in [-0.15, -0.1) is 0 Å². The number of amides is 1. The average Bonchev–Trinajstić information content (AvgIpc) is 3.30. The number of methoxy groups -OCH3 is 1. The van der Waals surface area contributed by atoms with Gasteiger partial charge in [-0.25, -0.2) is 9.18 Å². The van der Waals surface area contributed by atoms with Crippen LogP contribution in [-0.4, -0.2) is 48.6 Å². The lowest BCUT2D eigenvalue weighted by molar-refractivity contribution is -0.124. The first-order valence-electron chi connectivity index (χ1n) is 11.4. The van der Waals surface area contributed by atoms with Crippen molar-refractivity contribution >= 4 is 29.5 Å². The summed E-state index contributed by atoms with van der Waals surface area (Å²) in [5.41, 5.74) is 1.83.